The third-order valence-electron chi connectivity index (χ3n) is 2.34. The molecular formula is C12H15NO5S. The number of esters is 1. The second-order valence-electron chi connectivity index (χ2n) is 3.64. The number of fused-ring (bicyclic) bond motifs is 1. The van der Waals surface area contributed by atoms with Gasteiger partial charge in [-0.25, -0.2) is 4.79 Å². The van der Waals surface area contributed by atoms with Crippen LogP contribution in [0.3, 0.4) is 0 Å². The van der Waals surface area contributed by atoms with Gasteiger partial charge < -0.3 is 9.72 Å². The van der Waals surface area contributed by atoms with Crippen molar-refractivity contribution in [3.05, 3.63) is 36.0 Å². The van der Waals surface area contributed by atoms with Crippen LogP contribution in [0.2, 0.25) is 0 Å². The second kappa shape index (κ2) is 6.35. The normalized spacial score (nSPS) is 10.7. The lowest BCUT2D eigenvalue weighted by Crippen LogP contribution is -2.00. The van der Waals surface area contributed by atoms with Gasteiger partial charge in [0, 0.05) is 11.7 Å². The van der Waals surface area contributed by atoms with Gasteiger partial charge in [0.2, 0.25) is 0 Å². The summed E-state index contributed by atoms with van der Waals surface area (Å²) in [5.41, 5.74) is 1.51. The van der Waals surface area contributed by atoms with Gasteiger partial charge >= 0.3 is 5.97 Å². The van der Waals surface area contributed by atoms with Crippen molar-refractivity contribution in [2.75, 3.05) is 12.9 Å². The summed E-state index contributed by atoms with van der Waals surface area (Å²) in [5, 5.41) is 1.09. The fourth-order valence-corrected chi connectivity index (χ4v) is 1.29. The number of carbonyl (C=O) groups excluding carboxylic acids is 1. The lowest BCUT2D eigenvalue weighted by molar-refractivity contribution is 0.0601. The van der Waals surface area contributed by atoms with Crippen LogP contribution in [0.4, 0.5) is 0 Å². The topological polar surface area (TPSA) is 96.5 Å². The largest absolute Gasteiger partial charge is 0.465 e. The Morgan fingerprint density at radius 1 is 1.37 bits per heavy atom. The summed E-state index contributed by atoms with van der Waals surface area (Å²) in [6.07, 6.45) is 1.84. The first kappa shape index (κ1) is 15.2. The molecule has 2 aromatic rings. The average Bonchev–Trinajstić information content (AvgIpc) is 2.84. The molecule has 7 heteroatoms. The number of methoxy groups -OCH3 is 1. The first-order chi connectivity index (χ1) is 8.87. The van der Waals surface area contributed by atoms with E-state index in [1.54, 1.807) is 12.1 Å². The minimum atomic E-state index is -3.66. The zero-order valence-corrected chi connectivity index (χ0v) is 11.4. The van der Waals surface area contributed by atoms with Gasteiger partial charge in [0.1, 0.15) is 0 Å². The van der Waals surface area contributed by atoms with E-state index in [9.17, 15) is 13.2 Å². The molecule has 0 radical (unpaired) electrons. The first-order valence-electron chi connectivity index (χ1n) is 5.48. The van der Waals surface area contributed by atoms with Crippen molar-refractivity contribution < 1.29 is 22.5 Å². The quantitative estimate of drug-likeness (QED) is 0.648. The maximum atomic E-state index is 11.1. The van der Waals surface area contributed by atoms with Gasteiger partial charge in [-0.05, 0) is 30.5 Å². The Hall–Kier alpha value is -1.86. The Bertz CT molecular complexity index is 660. The molecule has 0 aliphatic carbocycles. The van der Waals surface area contributed by atoms with E-state index in [1.165, 1.54) is 14.0 Å². The Morgan fingerprint density at radius 2 is 2.00 bits per heavy atom. The maximum absolute atomic E-state index is 11.1. The predicted octanol–water partition coefficient (Wildman–Crippen LogP) is 1.85. The Kier molecular flexibility index (Phi) is 5.08. The summed E-state index contributed by atoms with van der Waals surface area (Å²) in [7, 11) is -2.29. The van der Waals surface area contributed by atoms with Gasteiger partial charge in [-0.3, -0.25) is 4.55 Å². The highest BCUT2D eigenvalue weighted by Gasteiger charge is 2.05. The summed E-state index contributed by atoms with van der Waals surface area (Å²) in [5.74, 6) is -0.510. The van der Waals surface area contributed by atoms with Gasteiger partial charge in [0.05, 0.1) is 18.4 Å². The number of aromatic nitrogens is 1. The van der Waals surface area contributed by atoms with Crippen LogP contribution in [0.25, 0.3) is 10.9 Å². The number of nitrogens with one attached hydrogen (secondary N) is 1. The van der Waals surface area contributed by atoms with Crippen LogP contribution in [-0.4, -0.2) is 36.8 Å². The summed E-state index contributed by atoms with van der Waals surface area (Å²) in [4.78, 5) is 14.2. The van der Waals surface area contributed by atoms with Gasteiger partial charge in [-0.2, -0.15) is 8.42 Å². The summed E-state index contributed by atoms with van der Waals surface area (Å²) in [6.45, 7) is 1.37. The zero-order chi connectivity index (χ0) is 14.5. The maximum Gasteiger partial charge on any atom is 0.337 e. The third kappa shape index (κ3) is 4.72. The molecule has 0 spiro atoms. The summed E-state index contributed by atoms with van der Waals surface area (Å²) in [6, 6.07) is 7.37. The molecule has 1 aromatic carbocycles. The molecule has 19 heavy (non-hydrogen) atoms. The summed E-state index contributed by atoms with van der Waals surface area (Å²) < 4.78 is 31.5. The van der Waals surface area contributed by atoms with Crippen molar-refractivity contribution in [2.24, 2.45) is 0 Å². The minimum absolute atomic E-state index is 0.201. The number of hydrogen-bond donors (Lipinski definition) is 2. The molecule has 0 atom stereocenters. The molecule has 0 saturated carbocycles. The highest BCUT2D eigenvalue weighted by molar-refractivity contribution is 7.85. The van der Waals surface area contributed by atoms with E-state index >= 15 is 0 Å². The average molecular weight is 285 g/mol. The van der Waals surface area contributed by atoms with E-state index in [2.05, 4.69) is 9.72 Å². The number of rotatable bonds is 2. The molecule has 104 valence electrons. The third-order valence-corrected chi connectivity index (χ3v) is 3.07. The van der Waals surface area contributed by atoms with Crippen LogP contribution in [0.1, 0.15) is 17.3 Å². The van der Waals surface area contributed by atoms with E-state index in [0.29, 0.717) is 5.56 Å². The SMILES string of the molecule is CCS(=O)(=O)O.COC(=O)c1ccc2cc[nH]c2c1. The van der Waals surface area contributed by atoms with E-state index < -0.39 is 10.1 Å². The molecule has 0 saturated heterocycles. The molecule has 1 aromatic heterocycles. The summed E-state index contributed by atoms with van der Waals surface area (Å²) >= 11 is 0. The van der Waals surface area contributed by atoms with Crippen molar-refractivity contribution in [1.82, 2.24) is 4.98 Å². The molecule has 6 nitrogen and oxygen atoms in total. The molecule has 1 heterocycles. The molecule has 0 aliphatic rings. The smallest absolute Gasteiger partial charge is 0.337 e. The second-order valence-corrected chi connectivity index (χ2v) is 5.38. The van der Waals surface area contributed by atoms with Crippen LogP contribution in [0.15, 0.2) is 30.5 Å². The lowest BCUT2D eigenvalue weighted by atomic mass is 10.2. The van der Waals surface area contributed by atoms with E-state index in [4.69, 9.17) is 4.55 Å². The van der Waals surface area contributed by atoms with E-state index in [1.807, 2.05) is 18.3 Å². The Morgan fingerprint density at radius 3 is 2.53 bits per heavy atom. The first-order valence-corrected chi connectivity index (χ1v) is 7.09. The van der Waals surface area contributed by atoms with E-state index in [-0.39, 0.29) is 11.7 Å². The van der Waals surface area contributed by atoms with Crippen LogP contribution < -0.4 is 0 Å². The van der Waals surface area contributed by atoms with Crippen molar-refractivity contribution in [3.8, 4) is 0 Å². The highest BCUT2D eigenvalue weighted by Crippen LogP contribution is 2.14. The molecule has 2 N–H and O–H groups in total. The van der Waals surface area contributed by atoms with Crippen molar-refractivity contribution in [3.63, 3.8) is 0 Å². The van der Waals surface area contributed by atoms with Gasteiger partial charge in [0.15, 0.2) is 0 Å². The van der Waals surface area contributed by atoms with Gasteiger partial charge in [-0.1, -0.05) is 6.07 Å². The molecule has 0 aliphatic heterocycles. The standard InChI is InChI=1S/C10H9NO2.C2H6O3S/c1-13-10(12)8-3-2-7-4-5-11-9(7)6-8;1-2-6(3,4)5/h2-6,11H,1H3;2H2,1H3,(H,3,4,5). The fourth-order valence-electron chi connectivity index (χ4n) is 1.29. The lowest BCUT2D eigenvalue weighted by Gasteiger charge is -1.98. The molecule has 0 bridgehead atoms. The minimum Gasteiger partial charge on any atom is -0.465 e. The molecule has 0 fully saturated rings. The van der Waals surface area contributed by atoms with Crippen LogP contribution in [-0.2, 0) is 14.9 Å². The van der Waals surface area contributed by atoms with Crippen LogP contribution >= 0.6 is 0 Å². The van der Waals surface area contributed by atoms with Crippen molar-refractivity contribution in [2.45, 2.75) is 6.92 Å². The molecule has 0 amide bonds. The number of ether oxygens (including phenoxy) is 1. The molecular weight excluding hydrogens is 270 g/mol. The number of carbonyl (C=O) groups is 1. The predicted molar refractivity (Wildman–Crippen MR) is 71.7 cm³/mol. The van der Waals surface area contributed by atoms with Crippen LogP contribution in [0.5, 0.6) is 0 Å². The molecule has 0 unspecified atom stereocenters. The Labute approximate surface area is 111 Å². The van der Waals surface area contributed by atoms with Crippen molar-refractivity contribution >= 4 is 27.0 Å². The monoisotopic (exact) mass is 285 g/mol. The van der Waals surface area contributed by atoms with E-state index in [0.717, 1.165) is 10.9 Å². The zero-order valence-electron chi connectivity index (χ0n) is 10.6. The molecule has 2 rings (SSSR count). The number of aromatic amines is 1. The number of H-pyrrole nitrogens is 1. The fraction of sp³-hybridized carbons (Fsp3) is 0.250. The van der Waals surface area contributed by atoms with Crippen LogP contribution in [0, 0.1) is 0 Å². The van der Waals surface area contributed by atoms with Gasteiger partial charge in [-0.15, -0.1) is 0 Å². The number of benzene rings is 1. The van der Waals surface area contributed by atoms with Crippen molar-refractivity contribution in [1.29, 1.82) is 0 Å². The highest BCUT2D eigenvalue weighted by atomic mass is 32.2. The number of hydrogen-bond acceptors (Lipinski definition) is 4. The Balaban J connectivity index is 0.000000258. The van der Waals surface area contributed by atoms with Gasteiger partial charge in [0.25, 0.3) is 10.1 Å².